The second-order valence-corrected chi connectivity index (χ2v) is 20.8. The van der Waals surface area contributed by atoms with Gasteiger partial charge in [0.25, 0.3) is 0 Å². The summed E-state index contributed by atoms with van der Waals surface area (Å²) in [5.74, 6) is -0.850. The molecule has 4 aromatic carbocycles. The Balaban J connectivity index is 1.52. The van der Waals surface area contributed by atoms with E-state index in [1.165, 1.54) is 87.8 Å². The maximum absolute atomic E-state index is 13.9. The predicted molar refractivity (Wildman–Crippen MR) is 285 cm³/mol. The van der Waals surface area contributed by atoms with Crippen LogP contribution < -0.4 is 0 Å². The van der Waals surface area contributed by atoms with Gasteiger partial charge in [-0.15, -0.1) is 0 Å². The van der Waals surface area contributed by atoms with E-state index >= 15 is 0 Å². The van der Waals surface area contributed by atoms with Gasteiger partial charge in [0.1, 0.15) is 0 Å². The van der Waals surface area contributed by atoms with E-state index in [1.54, 1.807) is 89.0 Å². The molecule has 0 saturated heterocycles. The quantitative estimate of drug-likeness (QED) is 0.0636. The smallest absolute Gasteiger partial charge is 0.339 e. The van der Waals surface area contributed by atoms with E-state index in [0.717, 1.165) is 127 Å². The first-order chi connectivity index (χ1) is 33.1. The third-order valence-corrected chi connectivity index (χ3v) is 16.4. The van der Waals surface area contributed by atoms with Crippen LogP contribution in [0, 0.1) is 0 Å². The number of methoxy groups -OCH3 is 2. The molecule has 0 aliphatic heterocycles. The Hall–Kier alpha value is -4.18. The molecule has 3 aliphatic rings. The van der Waals surface area contributed by atoms with Crippen molar-refractivity contribution >= 4 is 11.9 Å². The summed E-state index contributed by atoms with van der Waals surface area (Å²) in [6.45, 7) is 23.5. The van der Waals surface area contributed by atoms with Gasteiger partial charge in [0.2, 0.25) is 0 Å². The number of fused-ring (bicyclic) bond motifs is 6. The van der Waals surface area contributed by atoms with E-state index in [4.69, 9.17) is 9.47 Å². The molecule has 0 saturated carbocycles. The van der Waals surface area contributed by atoms with Crippen LogP contribution in [0.4, 0.5) is 0 Å². The van der Waals surface area contributed by atoms with Crippen LogP contribution in [0.1, 0.15) is 277 Å². The molecule has 4 nitrogen and oxygen atoms in total. The standard InChI is InChI=1S/C64H88O4/c1-13-23-39-40(24-14-2)42(26-16-4)50-34-52-44(28-18-6)54-36-56-46(30-20-8)58-38-60-48(32-22-10)62(64(66)68-12)61(63(65)67-11)47(31-21-9)59(60)37-57(58)45(29-19-7)55(56)35-53(54)43(27-17-5)51(52)33-49(50)41(39)25-15-3/h13-38H2,1-12H3. The summed E-state index contributed by atoms with van der Waals surface area (Å²) in [5, 5.41) is 0. The number of ether oxygens (including phenoxy) is 2. The minimum atomic E-state index is -0.425. The van der Waals surface area contributed by atoms with E-state index in [2.05, 4.69) is 69.2 Å². The summed E-state index contributed by atoms with van der Waals surface area (Å²) in [4.78, 5) is 27.9. The number of benzene rings is 4. The molecule has 0 heterocycles. The van der Waals surface area contributed by atoms with Crippen molar-refractivity contribution in [3.05, 3.63) is 134 Å². The van der Waals surface area contributed by atoms with Crippen molar-refractivity contribution in [1.29, 1.82) is 0 Å². The molecule has 3 aliphatic carbocycles. The molecule has 0 amide bonds. The molecule has 0 fully saturated rings. The fourth-order valence-corrected chi connectivity index (χ4v) is 14.0. The molecule has 68 heavy (non-hydrogen) atoms. The predicted octanol–water partition coefficient (Wildman–Crippen LogP) is 15.3. The monoisotopic (exact) mass is 921 g/mol. The Morgan fingerprint density at radius 3 is 0.632 bits per heavy atom. The summed E-state index contributed by atoms with van der Waals surface area (Å²) in [7, 11) is 2.90. The van der Waals surface area contributed by atoms with Crippen molar-refractivity contribution in [3.8, 4) is 0 Å². The van der Waals surface area contributed by atoms with E-state index < -0.39 is 11.9 Å². The Morgan fingerprint density at radius 2 is 0.426 bits per heavy atom. The SMILES string of the molecule is CCCc1c(CCC)c(CCC)c2c(c1CCC)Cc1c(CCC)c3c(c(CCC)c1C2)Cc1c(CCC)c2c(c(CCC)c1C3)Cc1c(c(CCC)c(C(=O)OC)c(C(=O)OC)c1CCC)C2. The Morgan fingerprint density at radius 1 is 0.265 bits per heavy atom. The van der Waals surface area contributed by atoms with Crippen LogP contribution in [0.2, 0.25) is 0 Å². The number of carbonyl (C=O) groups excluding carboxylic acids is 2. The molecule has 0 radical (unpaired) electrons. The molecule has 4 heteroatoms. The third-order valence-electron chi connectivity index (χ3n) is 16.4. The number of hydrogen-bond donors (Lipinski definition) is 0. The lowest BCUT2D eigenvalue weighted by Crippen LogP contribution is -2.28. The fraction of sp³-hybridized carbons (Fsp3) is 0.594. The lowest BCUT2D eigenvalue weighted by Gasteiger charge is -2.39. The largest absolute Gasteiger partial charge is 0.465 e. The number of hydrogen-bond acceptors (Lipinski definition) is 4. The Kier molecular flexibility index (Phi) is 17.6. The van der Waals surface area contributed by atoms with Crippen molar-refractivity contribution in [2.45, 2.75) is 236 Å². The molecule has 0 unspecified atom stereocenters. The van der Waals surface area contributed by atoms with Gasteiger partial charge in [-0.05, 0) is 225 Å². The van der Waals surface area contributed by atoms with E-state index in [0.29, 0.717) is 11.1 Å². The number of rotatable bonds is 22. The van der Waals surface area contributed by atoms with Crippen LogP contribution in [-0.2, 0) is 112 Å². The van der Waals surface area contributed by atoms with Gasteiger partial charge in [-0.1, -0.05) is 133 Å². The van der Waals surface area contributed by atoms with Crippen molar-refractivity contribution in [3.63, 3.8) is 0 Å². The summed E-state index contributed by atoms with van der Waals surface area (Å²) in [5.41, 5.74) is 35.3. The summed E-state index contributed by atoms with van der Waals surface area (Å²) in [6.07, 6.45) is 27.6. The molecular weight excluding hydrogens is 833 g/mol. The minimum Gasteiger partial charge on any atom is -0.465 e. The van der Waals surface area contributed by atoms with Gasteiger partial charge in [-0.25, -0.2) is 9.59 Å². The molecule has 4 aromatic rings. The maximum atomic E-state index is 13.9. The Bertz CT molecular complexity index is 2360. The van der Waals surface area contributed by atoms with Gasteiger partial charge >= 0.3 is 11.9 Å². The average molecular weight is 921 g/mol. The van der Waals surface area contributed by atoms with E-state index in [9.17, 15) is 9.59 Å². The first-order valence-corrected chi connectivity index (χ1v) is 28.0. The van der Waals surface area contributed by atoms with Gasteiger partial charge in [0.15, 0.2) is 0 Å². The fourth-order valence-electron chi connectivity index (χ4n) is 14.0. The first kappa shape index (κ1) is 51.7. The average Bonchev–Trinajstić information content (AvgIpc) is 3.34. The van der Waals surface area contributed by atoms with Gasteiger partial charge in [0.05, 0.1) is 25.3 Å². The van der Waals surface area contributed by atoms with Crippen molar-refractivity contribution in [1.82, 2.24) is 0 Å². The highest BCUT2D eigenvalue weighted by atomic mass is 16.5. The number of esters is 2. The van der Waals surface area contributed by atoms with Crippen molar-refractivity contribution in [2.24, 2.45) is 0 Å². The molecule has 0 atom stereocenters. The topological polar surface area (TPSA) is 52.6 Å². The van der Waals surface area contributed by atoms with Gasteiger partial charge in [-0.2, -0.15) is 0 Å². The lowest BCUT2D eigenvalue weighted by molar-refractivity contribution is 0.0552. The second kappa shape index (κ2) is 23.2. The maximum Gasteiger partial charge on any atom is 0.339 e. The lowest BCUT2D eigenvalue weighted by atomic mass is 9.66. The van der Waals surface area contributed by atoms with Crippen LogP contribution in [0.3, 0.4) is 0 Å². The molecule has 7 rings (SSSR count). The van der Waals surface area contributed by atoms with Crippen LogP contribution in [0.15, 0.2) is 0 Å². The summed E-state index contributed by atoms with van der Waals surface area (Å²) < 4.78 is 11.0. The summed E-state index contributed by atoms with van der Waals surface area (Å²) >= 11 is 0. The molecule has 0 spiro atoms. The molecule has 368 valence electrons. The van der Waals surface area contributed by atoms with Crippen LogP contribution in [0.25, 0.3) is 0 Å². The second-order valence-electron chi connectivity index (χ2n) is 20.8. The normalized spacial score (nSPS) is 13.4. The van der Waals surface area contributed by atoms with E-state index in [-0.39, 0.29) is 0 Å². The van der Waals surface area contributed by atoms with Crippen molar-refractivity contribution < 1.29 is 19.1 Å². The highest BCUT2D eigenvalue weighted by molar-refractivity contribution is 6.06. The van der Waals surface area contributed by atoms with Crippen LogP contribution in [0.5, 0.6) is 0 Å². The third kappa shape index (κ3) is 9.18. The van der Waals surface area contributed by atoms with Gasteiger partial charge in [-0.3, -0.25) is 0 Å². The highest BCUT2D eigenvalue weighted by Gasteiger charge is 2.38. The molecule has 0 bridgehead atoms. The highest BCUT2D eigenvalue weighted by Crippen LogP contribution is 2.49. The van der Waals surface area contributed by atoms with Crippen LogP contribution >= 0.6 is 0 Å². The van der Waals surface area contributed by atoms with Crippen molar-refractivity contribution in [2.75, 3.05) is 14.2 Å². The molecule has 0 aromatic heterocycles. The summed E-state index contributed by atoms with van der Waals surface area (Å²) in [6, 6.07) is 0. The van der Waals surface area contributed by atoms with E-state index in [1.807, 2.05) is 0 Å². The zero-order valence-electron chi connectivity index (χ0n) is 45.0. The first-order valence-electron chi connectivity index (χ1n) is 28.0. The molecular formula is C64H88O4. The van der Waals surface area contributed by atoms with Gasteiger partial charge < -0.3 is 9.47 Å². The van der Waals surface area contributed by atoms with Gasteiger partial charge in [0, 0.05) is 0 Å². The minimum absolute atomic E-state index is 0.425. The zero-order valence-corrected chi connectivity index (χ0v) is 45.0. The van der Waals surface area contributed by atoms with Crippen LogP contribution in [-0.4, -0.2) is 26.2 Å². The number of carbonyl (C=O) groups is 2. The molecule has 0 N–H and O–H groups in total. The Labute approximate surface area is 413 Å². The zero-order chi connectivity index (χ0) is 48.8.